The van der Waals surface area contributed by atoms with Crippen LogP contribution in [0.4, 0.5) is 0 Å². The van der Waals surface area contributed by atoms with Crippen LogP contribution < -0.4 is 0 Å². The number of nitrogens with one attached hydrogen (secondary N) is 1. The van der Waals surface area contributed by atoms with Gasteiger partial charge in [-0.3, -0.25) is 5.10 Å². The molecule has 0 saturated carbocycles. The lowest BCUT2D eigenvalue weighted by molar-refractivity contribution is 0.0601. The van der Waals surface area contributed by atoms with Crippen LogP contribution in [-0.2, 0) is 4.74 Å². The Balaban J connectivity index is 2.55. The van der Waals surface area contributed by atoms with Crippen molar-refractivity contribution in [3.63, 3.8) is 0 Å². The molecule has 0 bridgehead atoms. The molecular weight excluding hydrogens is 228 g/mol. The first-order valence-electron chi connectivity index (χ1n) is 5.85. The quantitative estimate of drug-likeness (QED) is 0.844. The number of hydrogen-bond donors (Lipinski definition) is 1. The van der Waals surface area contributed by atoms with Crippen molar-refractivity contribution < 1.29 is 9.53 Å². The van der Waals surface area contributed by atoms with Gasteiger partial charge in [0.1, 0.15) is 0 Å². The highest BCUT2D eigenvalue weighted by Crippen LogP contribution is 2.29. The van der Waals surface area contributed by atoms with E-state index in [9.17, 15) is 4.79 Å². The number of rotatable bonds is 3. The molecular formula is C14H16N2O2. The Bertz CT molecular complexity index is 545. The van der Waals surface area contributed by atoms with Crippen LogP contribution in [0.5, 0.6) is 0 Å². The first-order chi connectivity index (χ1) is 8.63. The lowest BCUT2D eigenvalue weighted by Gasteiger charge is -2.12. The van der Waals surface area contributed by atoms with E-state index in [1.165, 1.54) is 12.7 Å². The summed E-state index contributed by atoms with van der Waals surface area (Å²) in [5.74, 6) is 0.0525. The van der Waals surface area contributed by atoms with Gasteiger partial charge in [0.15, 0.2) is 0 Å². The maximum Gasteiger partial charge on any atom is 0.337 e. The Morgan fingerprint density at radius 1 is 1.39 bits per heavy atom. The second-order valence-electron chi connectivity index (χ2n) is 4.44. The van der Waals surface area contributed by atoms with Gasteiger partial charge in [0.05, 0.1) is 18.9 Å². The lowest BCUT2D eigenvalue weighted by Crippen LogP contribution is -2.03. The van der Waals surface area contributed by atoms with Gasteiger partial charge < -0.3 is 4.74 Å². The molecule has 4 heteroatoms. The molecule has 0 fully saturated rings. The zero-order chi connectivity index (χ0) is 13.1. The molecule has 0 saturated heterocycles. The first kappa shape index (κ1) is 12.4. The maximum atomic E-state index is 11.6. The van der Waals surface area contributed by atoms with Crippen molar-refractivity contribution in [3.05, 3.63) is 41.7 Å². The number of hydrogen-bond acceptors (Lipinski definition) is 3. The molecule has 18 heavy (non-hydrogen) atoms. The number of carbonyl (C=O) groups is 1. The van der Waals surface area contributed by atoms with Gasteiger partial charge in [-0.25, -0.2) is 4.79 Å². The summed E-state index contributed by atoms with van der Waals surface area (Å²) >= 11 is 0. The van der Waals surface area contributed by atoms with Crippen molar-refractivity contribution in [3.8, 4) is 11.1 Å². The van der Waals surface area contributed by atoms with E-state index in [2.05, 4.69) is 24.0 Å². The summed E-state index contributed by atoms with van der Waals surface area (Å²) in [6, 6.07) is 5.62. The second kappa shape index (κ2) is 5.04. The summed E-state index contributed by atoms with van der Waals surface area (Å²) in [7, 11) is 1.39. The van der Waals surface area contributed by atoms with Crippen molar-refractivity contribution >= 4 is 5.97 Å². The molecule has 0 aliphatic rings. The van der Waals surface area contributed by atoms with Gasteiger partial charge in [-0.05, 0) is 29.2 Å². The normalized spacial score (nSPS) is 10.7. The summed E-state index contributed by atoms with van der Waals surface area (Å²) in [5, 5.41) is 6.74. The highest BCUT2D eigenvalue weighted by atomic mass is 16.5. The fraction of sp³-hybridized carbons (Fsp3) is 0.286. The van der Waals surface area contributed by atoms with Gasteiger partial charge in [-0.1, -0.05) is 19.9 Å². The van der Waals surface area contributed by atoms with Crippen LogP contribution >= 0.6 is 0 Å². The van der Waals surface area contributed by atoms with Crippen molar-refractivity contribution in [1.29, 1.82) is 0 Å². The molecule has 1 aromatic heterocycles. The first-order valence-corrected chi connectivity index (χ1v) is 5.85. The Labute approximate surface area is 106 Å². The third kappa shape index (κ3) is 2.27. The predicted molar refractivity (Wildman–Crippen MR) is 69.5 cm³/mol. The maximum absolute atomic E-state index is 11.6. The van der Waals surface area contributed by atoms with Crippen molar-refractivity contribution in [2.24, 2.45) is 0 Å². The van der Waals surface area contributed by atoms with E-state index in [4.69, 9.17) is 4.74 Å². The summed E-state index contributed by atoms with van der Waals surface area (Å²) in [6.07, 6.45) is 3.57. The molecule has 0 atom stereocenters. The fourth-order valence-electron chi connectivity index (χ4n) is 1.95. The Kier molecular flexibility index (Phi) is 3.46. The average Bonchev–Trinajstić information content (AvgIpc) is 2.90. The molecule has 1 heterocycles. The van der Waals surface area contributed by atoms with Gasteiger partial charge in [0.2, 0.25) is 0 Å². The van der Waals surface area contributed by atoms with Crippen molar-refractivity contribution in [2.45, 2.75) is 19.8 Å². The molecule has 0 aliphatic heterocycles. The number of ether oxygens (including phenoxy) is 1. The fourth-order valence-corrected chi connectivity index (χ4v) is 1.95. The molecule has 1 aromatic carbocycles. The monoisotopic (exact) mass is 244 g/mol. The van der Waals surface area contributed by atoms with Gasteiger partial charge in [-0.2, -0.15) is 5.10 Å². The van der Waals surface area contributed by atoms with Crippen LogP contribution in [0.25, 0.3) is 11.1 Å². The van der Waals surface area contributed by atoms with Crippen LogP contribution in [0.2, 0.25) is 0 Å². The van der Waals surface area contributed by atoms with Crippen molar-refractivity contribution in [2.75, 3.05) is 7.11 Å². The van der Waals surface area contributed by atoms with E-state index in [0.29, 0.717) is 11.5 Å². The highest BCUT2D eigenvalue weighted by Gasteiger charge is 2.13. The largest absolute Gasteiger partial charge is 0.465 e. The molecule has 0 radical (unpaired) electrons. The summed E-state index contributed by atoms with van der Waals surface area (Å²) < 4.78 is 4.75. The minimum Gasteiger partial charge on any atom is -0.465 e. The second-order valence-corrected chi connectivity index (χ2v) is 4.44. The Hall–Kier alpha value is -2.10. The van der Waals surface area contributed by atoms with Gasteiger partial charge >= 0.3 is 5.97 Å². The predicted octanol–water partition coefficient (Wildman–Crippen LogP) is 2.99. The van der Waals surface area contributed by atoms with E-state index in [0.717, 1.165) is 11.1 Å². The standard InChI is InChI=1S/C14H16N2O2/c1-9(2)12-5-4-10(14(17)18-3)6-13(12)11-7-15-16-8-11/h4-9H,1-3H3,(H,15,16). The Morgan fingerprint density at radius 2 is 2.17 bits per heavy atom. The minimum absolute atomic E-state index is 0.324. The number of carbonyl (C=O) groups excluding carboxylic acids is 1. The van der Waals surface area contributed by atoms with E-state index >= 15 is 0 Å². The zero-order valence-electron chi connectivity index (χ0n) is 10.7. The Morgan fingerprint density at radius 3 is 2.72 bits per heavy atom. The highest BCUT2D eigenvalue weighted by molar-refractivity contribution is 5.91. The van der Waals surface area contributed by atoms with Gasteiger partial charge in [-0.15, -0.1) is 0 Å². The third-order valence-electron chi connectivity index (χ3n) is 2.91. The van der Waals surface area contributed by atoms with Crippen molar-refractivity contribution in [1.82, 2.24) is 10.2 Å². The number of nitrogens with zero attached hydrogens (tertiary/aromatic N) is 1. The molecule has 0 spiro atoms. The van der Waals surface area contributed by atoms with Crippen LogP contribution in [0, 0.1) is 0 Å². The number of methoxy groups -OCH3 is 1. The lowest BCUT2D eigenvalue weighted by atomic mass is 9.92. The molecule has 0 amide bonds. The topological polar surface area (TPSA) is 55.0 Å². The molecule has 94 valence electrons. The van der Waals surface area contributed by atoms with E-state index < -0.39 is 0 Å². The van der Waals surface area contributed by atoms with E-state index in [-0.39, 0.29) is 5.97 Å². The minimum atomic E-state index is -0.324. The third-order valence-corrected chi connectivity index (χ3v) is 2.91. The number of benzene rings is 1. The smallest absolute Gasteiger partial charge is 0.337 e. The number of H-pyrrole nitrogens is 1. The summed E-state index contributed by atoms with van der Waals surface area (Å²) in [6.45, 7) is 4.24. The van der Waals surface area contributed by atoms with Crippen LogP contribution in [-0.4, -0.2) is 23.3 Å². The summed E-state index contributed by atoms with van der Waals surface area (Å²) in [5.41, 5.74) is 3.73. The number of esters is 1. The molecule has 2 aromatic rings. The number of aromatic nitrogens is 2. The van der Waals surface area contributed by atoms with Gasteiger partial charge in [0, 0.05) is 11.8 Å². The molecule has 1 N–H and O–H groups in total. The zero-order valence-corrected chi connectivity index (χ0v) is 10.7. The summed E-state index contributed by atoms with van der Waals surface area (Å²) in [4.78, 5) is 11.6. The average molecular weight is 244 g/mol. The van der Waals surface area contributed by atoms with E-state index in [1.807, 2.05) is 18.3 Å². The molecule has 2 rings (SSSR count). The number of aromatic amines is 1. The van der Waals surface area contributed by atoms with E-state index in [1.54, 1.807) is 12.3 Å². The van der Waals surface area contributed by atoms with Crippen LogP contribution in [0.15, 0.2) is 30.6 Å². The molecule has 0 unspecified atom stereocenters. The van der Waals surface area contributed by atoms with Crippen LogP contribution in [0.1, 0.15) is 35.7 Å². The molecule has 0 aliphatic carbocycles. The molecule has 4 nitrogen and oxygen atoms in total. The van der Waals surface area contributed by atoms with Gasteiger partial charge in [0.25, 0.3) is 0 Å². The van der Waals surface area contributed by atoms with Crippen LogP contribution in [0.3, 0.4) is 0 Å². The SMILES string of the molecule is COC(=O)c1ccc(C(C)C)c(-c2cn[nH]c2)c1.